The second-order valence-electron chi connectivity index (χ2n) is 3.88. The van der Waals surface area contributed by atoms with E-state index in [2.05, 4.69) is 4.98 Å². The third-order valence-corrected chi connectivity index (χ3v) is 2.56. The molecule has 20 heavy (non-hydrogen) atoms. The summed E-state index contributed by atoms with van der Waals surface area (Å²) in [6.45, 7) is 0. The van der Waals surface area contributed by atoms with Gasteiger partial charge in [0.05, 0.1) is 10.5 Å². The largest absolute Gasteiger partial charge is 0.502 e. The van der Waals surface area contributed by atoms with Gasteiger partial charge >= 0.3 is 5.69 Å². The standard InChI is InChI=1S/C14H10N2O4/c17-12(11-5-1-2-9-15-11)8-7-10-4-3-6-13(18)14(10)16(19)20/h1-9,18H/b8-7+. The zero-order valence-corrected chi connectivity index (χ0v) is 10.3. The first-order valence-electron chi connectivity index (χ1n) is 5.69. The quantitative estimate of drug-likeness (QED) is 0.399. The van der Waals surface area contributed by atoms with Gasteiger partial charge in [-0.3, -0.25) is 19.9 Å². The van der Waals surface area contributed by atoms with Gasteiger partial charge in [-0.15, -0.1) is 0 Å². The average Bonchev–Trinajstić information content (AvgIpc) is 2.45. The van der Waals surface area contributed by atoms with Gasteiger partial charge in [-0.2, -0.15) is 0 Å². The lowest BCUT2D eigenvalue weighted by atomic mass is 10.1. The molecule has 0 aliphatic heterocycles. The van der Waals surface area contributed by atoms with E-state index >= 15 is 0 Å². The molecule has 0 aliphatic carbocycles. The summed E-state index contributed by atoms with van der Waals surface area (Å²) in [5.41, 5.74) is -0.0385. The van der Waals surface area contributed by atoms with Gasteiger partial charge in [-0.05, 0) is 36.4 Å². The molecule has 1 aromatic carbocycles. The minimum absolute atomic E-state index is 0.152. The lowest BCUT2D eigenvalue weighted by Crippen LogP contribution is -1.97. The monoisotopic (exact) mass is 270 g/mol. The summed E-state index contributed by atoms with van der Waals surface area (Å²) in [6.07, 6.45) is 3.96. The Hall–Kier alpha value is -3.02. The number of rotatable bonds is 4. The van der Waals surface area contributed by atoms with E-state index in [0.29, 0.717) is 0 Å². The number of nitrogens with zero attached hydrogens (tertiary/aromatic N) is 2. The second-order valence-corrected chi connectivity index (χ2v) is 3.88. The van der Waals surface area contributed by atoms with Crippen LogP contribution < -0.4 is 0 Å². The number of carbonyl (C=O) groups is 1. The fourth-order valence-electron chi connectivity index (χ4n) is 1.64. The maximum atomic E-state index is 11.8. The molecule has 0 spiro atoms. The number of benzene rings is 1. The number of phenolic OH excluding ortho intramolecular Hbond substituents is 1. The summed E-state index contributed by atoms with van der Waals surface area (Å²) < 4.78 is 0. The van der Waals surface area contributed by atoms with Crippen LogP contribution in [0, 0.1) is 10.1 Å². The molecule has 0 amide bonds. The summed E-state index contributed by atoms with van der Waals surface area (Å²) in [5, 5.41) is 20.3. The van der Waals surface area contributed by atoms with Crippen LogP contribution in [0.3, 0.4) is 0 Å². The molecule has 0 radical (unpaired) electrons. The molecule has 1 aromatic heterocycles. The van der Waals surface area contributed by atoms with E-state index in [-0.39, 0.29) is 17.0 Å². The maximum Gasteiger partial charge on any atom is 0.317 e. The van der Waals surface area contributed by atoms with Crippen LogP contribution in [0.4, 0.5) is 5.69 Å². The normalized spacial score (nSPS) is 10.6. The zero-order valence-electron chi connectivity index (χ0n) is 10.3. The Bertz CT molecular complexity index is 681. The predicted molar refractivity (Wildman–Crippen MR) is 72.4 cm³/mol. The molecule has 0 aliphatic rings. The number of aromatic hydroxyl groups is 1. The molecule has 0 saturated carbocycles. The SMILES string of the molecule is O=C(/C=C/c1cccc(O)c1[N+](=O)[O-])c1ccccn1. The summed E-state index contributed by atoms with van der Waals surface area (Å²) >= 11 is 0. The Morgan fingerprint density at radius 1 is 1.25 bits per heavy atom. The Morgan fingerprint density at radius 2 is 2.05 bits per heavy atom. The van der Waals surface area contributed by atoms with Crippen LogP contribution in [-0.2, 0) is 0 Å². The number of phenols is 1. The topological polar surface area (TPSA) is 93.3 Å². The number of carbonyl (C=O) groups excluding carboxylic acids is 1. The van der Waals surface area contributed by atoms with E-state index < -0.39 is 16.4 Å². The smallest absolute Gasteiger partial charge is 0.317 e. The first-order valence-corrected chi connectivity index (χ1v) is 5.69. The van der Waals surface area contributed by atoms with Gasteiger partial charge in [0.1, 0.15) is 5.69 Å². The molecule has 1 N–H and O–H groups in total. The van der Waals surface area contributed by atoms with Crippen molar-refractivity contribution in [1.29, 1.82) is 0 Å². The number of aromatic nitrogens is 1. The Labute approximate surface area is 114 Å². The third-order valence-electron chi connectivity index (χ3n) is 2.56. The highest BCUT2D eigenvalue weighted by Crippen LogP contribution is 2.30. The van der Waals surface area contributed by atoms with Gasteiger partial charge < -0.3 is 5.11 Å². The zero-order chi connectivity index (χ0) is 14.5. The molecule has 0 saturated heterocycles. The Kier molecular flexibility index (Phi) is 3.85. The number of hydrogen-bond donors (Lipinski definition) is 1. The van der Waals surface area contributed by atoms with Gasteiger partial charge in [-0.1, -0.05) is 12.1 Å². The van der Waals surface area contributed by atoms with Gasteiger partial charge in [0.15, 0.2) is 5.75 Å². The number of nitro benzene ring substituents is 1. The number of allylic oxidation sites excluding steroid dienone is 1. The highest BCUT2D eigenvalue weighted by Gasteiger charge is 2.17. The molecule has 6 nitrogen and oxygen atoms in total. The molecule has 1 heterocycles. The van der Waals surface area contributed by atoms with Crippen LogP contribution in [0.1, 0.15) is 16.1 Å². The van der Waals surface area contributed by atoms with E-state index in [4.69, 9.17) is 0 Å². The number of hydrogen-bond acceptors (Lipinski definition) is 5. The van der Waals surface area contributed by atoms with Crippen molar-refractivity contribution in [2.24, 2.45) is 0 Å². The lowest BCUT2D eigenvalue weighted by molar-refractivity contribution is -0.386. The van der Waals surface area contributed by atoms with Crippen molar-refractivity contribution in [3.63, 3.8) is 0 Å². The van der Waals surface area contributed by atoms with Crippen molar-refractivity contribution in [2.45, 2.75) is 0 Å². The summed E-state index contributed by atoms with van der Waals surface area (Å²) in [7, 11) is 0. The molecular weight excluding hydrogens is 260 g/mol. The van der Waals surface area contributed by atoms with Crippen molar-refractivity contribution in [3.05, 3.63) is 70.0 Å². The molecule has 2 rings (SSSR count). The summed E-state index contributed by atoms with van der Waals surface area (Å²) in [5.74, 6) is -0.814. The number of para-hydroxylation sites is 1. The van der Waals surface area contributed by atoms with Crippen LogP contribution in [0.25, 0.3) is 6.08 Å². The van der Waals surface area contributed by atoms with Crippen LogP contribution in [0.2, 0.25) is 0 Å². The first-order chi connectivity index (χ1) is 9.59. The number of nitro groups is 1. The van der Waals surface area contributed by atoms with Crippen LogP contribution in [0.5, 0.6) is 5.75 Å². The predicted octanol–water partition coefficient (Wildman–Crippen LogP) is 2.59. The Balaban J connectivity index is 2.31. The van der Waals surface area contributed by atoms with Crippen molar-refractivity contribution >= 4 is 17.5 Å². The molecule has 0 atom stereocenters. The molecule has 100 valence electrons. The van der Waals surface area contributed by atoms with Gasteiger partial charge in [0.25, 0.3) is 0 Å². The third kappa shape index (κ3) is 2.86. The van der Waals surface area contributed by atoms with Crippen LogP contribution >= 0.6 is 0 Å². The van der Waals surface area contributed by atoms with Gasteiger partial charge in [0, 0.05) is 6.20 Å². The van der Waals surface area contributed by atoms with Gasteiger partial charge in [0.2, 0.25) is 5.78 Å². The summed E-state index contributed by atoms with van der Waals surface area (Å²) in [6, 6.07) is 9.03. The fraction of sp³-hybridized carbons (Fsp3) is 0. The lowest BCUT2D eigenvalue weighted by Gasteiger charge is -1.99. The van der Waals surface area contributed by atoms with E-state index in [1.807, 2.05) is 0 Å². The fourth-order valence-corrected chi connectivity index (χ4v) is 1.64. The number of pyridine rings is 1. The maximum absolute atomic E-state index is 11.8. The van der Waals surface area contributed by atoms with Crippen molar-refractivity contribution < 1.29 is 14.8 Å². The van der Waals surface area contributed by atoms with Crippen molar-refractivity contribution in [1.82, 2.24) is 4.98 Å². The van der Waals surface area contributed by atoms with E-state index in [0.717, 1.165) is 0 Å². The molecule has 0 bridgehead atoms. The molecule has 0 unspecified atom stereocenters. The highest BCUT2D eigenvalue weighted by molar-refractivity contribution is 6.05. The van der Waals surface area contributed by atoms with Crippen LogP contribution in [0.15, 0.2) is 48.7 Å². The van der Waals surface area contributed by atoms with Crippen molar-refractivity contribution in [2.75, 3.05) is 0 Å². The van der Waals surface area contributed by atoms with Crippen molar-refractivity contribution in [3.8, 4) is 5.75 Å². The highest BCUT2D eigenvalue weighted by atomic mass is 16.6. The van der Waals surface area contributed by atoms with E-state index in [1.165, 1.54) is 36.5 Å². The Morgan fingerprint density at radius 3 is 2.70 bits per heavy atom. The van der Waals surface area contributed by atoms with Gasteiger partial charge in [-0.25, -0.2) is 0 Å². The summed E-state index contributed by atoms with van der Waals surface area (Å²) in [4.78, 5) is 25.9. The number of ketones is 1. The molecule has 0 fully saturated rings. The minimum Gasteiger partial charge on any atom is -0.502 e. The second kappa shape index (κ2) is 5.75. The first kappa shape index (κ1) is 13.4. The molecule has 2 aromatic rings. The molecular formula is C14H10N2O4. The average molecular weight is 270 g/mol. The van der Waals surface area contributed by atoms with E-state index in [1.54, 1.807) is 18.2 Å². The molecule has 6 heteroatoms. The van der Waals surface area contributed by atoms with Crippen LogP contribution in [-0.4, -0.2) is 20.8 Å². The van der Waals surface area contributed by atoms with E-state index in [9.17, 15) is 20.0 Å². The minimum atomic E-state index is -0.694.